The van der Waals surface area contributed by atoms with Crippen LogP contribution in [-0.4, -0.2) is 37.3 Å². The molecule has 1 aliphatic rings. The lowest BCUT2D eigenvalue weighted by molar-refractivity contribution is -0.130. The monoisotopic (exact) mass is 378 g/mol. The molecule has 1 amide bonds. The van der Waals surface area contributed by atoms with Gasteiger partial charge in [-0.15, -0.1) is 0 Å². The highest BCUT2D eigenvalue weighted by Crippen LogP contribution is 2.35. The first-order valence-electron chi connectivity index (χ1n) is 9.78. The molecule has 28 heavy (non-hydrogen) atoms. The zero-order valence-electron chi connectivity index (χ0n) is 16.2. The number of benzene rings is 2. The largest absolute Gasteiger partial charge is 0.496 e. The van der Waals surface area contributed by atoms with Crippen molar-refractivity contribution in [3.05, 3.63) is 66.4 Å². The van der Waals surface area contributed by atoms with Gasteiger partial charge in [0.25, 0.3) is 0 Å². The van der Waals surface area contributed by atoms with Gasteiger partial charge < -0.3 is 19.4 Å². The van der Waals surface area contributed by atoms with E-state index in [2.05, 4.69) is 34.1 Å². The fourth-order valence-corrected chi connectivity index (χ4v) is 4.15. The molecule has 1 saturated heterocycles. The molecule has 1 aromatic heterocycles. The Hall–Kier alpha value is -2.79. The topological polar surface area (TPSA) is 52.5 Å². The summed E-state index contributed by atoms with van der Waals surface area (Å²) in [5.41, 5.74) is 1.69. The van der Waals surface area contributed by atoms with Gasteiger partial charge in [0.05, 0.1) is 18.0 Å². The van der Waals surface area contributed by atoms with Gasteiger partial charge in [0.1, 0.15) is 5.75 Å². The molecule has 0 unspecified atom stereocenters. The molecular formula is C23H26N2O3. The number of methoxy groups -OCH3 is 1. The van der Waals surface area contributed by atoms with Crippen LogP contribution in [0.2, 0.25) is 0 Å². The van der Waals surface area contributed by atoms with Gasteiger partial charge in [-0.05, 0) is 36.6 Å². The minimum absolute atomic E-state index is 0.0936. The van der Waals surface area contributed by atoms with Gasteiger partial charge in [-0.1, -0.05) is 36.4 Å². The average Bonchev–Trinajstić information content (AvgIpc) is 3.18. The van der Waals surface area contributed by atoms with Crippen LogP contribution in [0.25, 0.3) is 10.9 Å². The molecule has 0 spiro atoms. The van der Waals surface area contributed by atoms with Crippen LogP contribution in [-0.2, 0) is 21.5 Å². The number of hydrogen-bond donors (Lipinski definition) is 1. The standard InChI is InChI=1S/C23H26N2O3/c1-27-21-9-5-8-20-19(21)10-14-25(20)15-13-24-22(26)23(11-16-28-17-12-23)18-6-3-2-4-7-18/h2-10,14H,11-13,15-17H2,1H3,(H,24,26). The number of ether oxygens (including phenoxy) is 2. The number of nitrogens with zero attached hydrogens (tertiary/aromatic N) is 1. The fourth-order valence-electron chi connectivity index (χ4n) is 4.15. The first-order valence-corrected chi connectivity index (χ1v) is 9.78. The highest BCUT2D eigenvalue weighted by Gasteiger charge is 2.41. The van der Waals surface area contributed by atoms with Crippen molar-refractivity contribution >= 4 is 16.8 Å². The van der Waals surface area contributed by atoms with Crippen LogP contribution in [0, 0.1) is 0 Å². The molecule has 1 N–H and O–H groups in total. The predicted octanol–water partition coefficient (Wildman–Crippen LogP) is 3.51. The van der Waals surface area contributed by atoms with E-state index in [1.165, 1.54) is 0 Å². The van der Waals surface area contributed by atoms with Crippen molar-refractivity contribution in [3.8, 4) is 5.75 Å². The maximum atomic E-state index is 13.2. The van der Waals surface area contributed by atoms with Crippen molar-refractivity contribution in [2.45, 2.75) is 24.8 Å². The van der Waals surface area contributed by atoms with Gasteiger partial charge in [0.2, 0.25) is 5.91 Å². The Bertz CT molecular complexity index is 943. The maximum Gasteiger partial charge on any atom is 0.230 e. The molecule has 1 fully saturated rings. The second-order valence-corrected chi connectivity index (χ2v) is 7.22. The zero-order chi connectivity index (χ0) is 19.4. The quantitative estimate of drug-likeness (QED) is 0.714. The minimum Gasteiger partial charge on any atom is -0.496 e. The molecule has 0 saturated carbocycles. The number of hydrogen-bond acceptors (Lipinski definition) is 3. The van der Waals surface area contributed by atoms with E-state index in [-0.39, 0.29) is 5.91 Å². The molecule has 5 heteroatoms. The Morgan fingerprint density at radius 3 is 2.64 bits per heavy atom. The smallest absolute Gasteiger partial charge is 0.230 e. The maximum absolute atomic E-state index is 13.2. The molecule has 2 heterocycles. The van der Waals surface area contributed by atoms with Crippen LogP contribution in [0.4, 0.5) is 0 Å². The van der Waals surface area contributed by atoms with E-state index in [4.69, 9.17) is 9.47 Å². The molecular weight excluding hydrogens is 352 g/mol. The van der Waals surface area contributed by atoms with Crippen LogP contribution < -0.4 is 10.1 Å². The first-order chi connectivity index (χ1) is 13.7. The third kappa shape index (κ3) is 3.38. The van der Waals surface area contributed by atoms with Crippen LogP contribution in [0.1, 0.15) is 18.4 Å². The van der Waals surface area contributed by atoms with E-state index >= 15 is 0 Å². The summed E-state index contributed by atoms with van der Waals surface area (Å²) in [5.74, 6) is 0.960. The van der Waals surface area contributed by atoms with E-state index in [1.807, 2.05) is 36.5 Å². The van der Waals surface area contributed by atoms with Gasteiger partial charge in [-0.3, -0.25) is 4.79 Å². The Balaban J connectivity index is 1.48. The third-order valence-corrected chi connectivity index (χ3v) is 5.74. The van der Waals surface area contributed by atoms with Crippen LogP contribution in [0.5, 0.6) is 5.75 Å². The van der Waals surface area contributed by atoms with E-state index in [0.29, 0.717) is 39.1 Å². The summed E-state index contributed by atoms with van der Waals surface area (Å²) in [7, 11) is 1.68. The number of fused-ring (bicyclic) bond motifs is 1. The van der Waals surface area contributed by atoms with E-state index in [9.17, 15) is 4.79 Å². The minimum atomic E-state index is -0.499. The van der Waals surface area contributed by atoms with Gasteiger partial charge in [0, 0.05) is 37.9 Å². The summed E-state index contributed by atoms with van der Waals surface area (Å²) < 4.78 is 13.1. The molecule has 0 aliphatic carbocycles. The lowest BCUT2D eigenvalue weighted by Crippen LogP contribution is -2.48. The summed E-state index contributed by atoms with van der Waals surface area (Å²) in [6.45, 7) is 2.52. The Morgan fingerprint density at radius 1 is 1.11 bits per heavy atom. The predicted molar refractivity (Wildman–Crippen MR) is 110 cm³/mol. The molecule has 0 atom stereocenters. The molecule has 146 valence electrons. The summed E-state index contributed by atoms with van der Waals surface area (Å²) in [6.07, 6.45) is 3.47. The summed E-state index contributed by atoms with van der Waals surface area (Å²) in [4.78, 5) is 13.2. The number of carbonyl (C=O) groups is 1. The lowest BCUT2D eigenvalue weighted by atomic mass is 9.73. The molecule has 3 aromatic rings. The molecule has 2 aromatic carbocycles. The molecule has 1 aliphatic heterocycles. The lowest BCUT2D eigenvalue weighted by Gasteiger charge is -2.36. The number of carbonyl (C=O) groups excluding carboxylic acids is 1. The van der Waals surface area contributed by atoms with Gasteiger partial charge >= 0.3 is 0 Å². The molecule has 0 bridgehead atoms. The van der Waals surface area contributed by atoms with Gasteiger partial charge in [-0.25, -0.2) is 0 Å². The SMILES string of the molecule is COc1cccc2c1ccn2CCNC(=O)C1(c2ccccc2)CCOCC1. The third-order valence-electron chi connectivity index (χ3n) is 5.74. The van der Waals surface area contributed by atoms with Gasteiger partial charge in [0.15, 0.2) is 0 Å². The molecule has 5 nitrogen and oxygen atoms in total. The highest BCUT2D eigenvalue weighted by molar-refractivity contribution is 5.88. The van der Waals surface area contributed by atoms with Crippen molar-refractivity contribution in [2.24, 2.45) is 0 Å². The van der Waals surface area contributed by atoms with Crippen LogP contribution in [0.15, 0.2) is 60.8 Å². The van der Waals surface area contributed by atoms with Crippen molar-refractivity contribution < 1.29 is 14.3 Å². The fraction of sp³-hybridized carbons (Fsp3) is 0.348. The Labute approximate surface area is 165 Å². The number of amides is 1. The van der Waals surface area contributed by atoms with Crippen molar-refractivity contribution in [1.29, 1.82) is 0 Å². The van der Waals surface area contributed by atoms with E-state index < -0.39 is 5.41 Å². The van der Waals surface area contributed by atoms with Crippen molar-refractivity contribution in [2.75, 3.05) is 26.9 Å². The second kappa shape index (κ2) is 8.07. The van der Waals surface area contributed by atoms with Crippen LogP contribution in [0.3, 0.4) is 0 Å². The van der Waals surface area contributed by atoms with Gasteiger partial charge in [-0.2, -0.15) is 0 Å². The normalized spacial score (nSPS) is 16.0. The number of rotatable bonds is 6. The number of aromatic nitrogens is 1. The molecule has 0 radical (unpaired) electrons. The second-order valence-electron chi connectivity index (χ2n) is 7.22. The molecule has 4 rings (SSSR count). The summed E-state index contributed by atoms with van der Waals surface area (Å²) in [6, 6.07) is 18.2. The average molecular weight is 378 g/mol. The van der Waals surface area contributed by atoms with E-state index in [0.717, 1.165) is 22.2 Å². The Morgan fingerprint density at radius 2 is 1.89 bits per heavy atom. The first kappa shape index (κ1) is 18.6. The van der Waals surface area contributed by atoms with Crippen molar-refractivity contribution in [3.63, 3.8) is 0 Å². The highest BCUT2D eigenvalue weighted by atomic mass is 16.5. The van der Waals surface area contributed by atoms with Crippen LogP contribution >= 0.6 is 0 Å². The van der Waals surface area contributed by atoms with E-state index in [1.54, 1.807) is 7.11 Å². The van der Waals surface area contributed by atoms with Crippen molar-refractivity contribution in [1.82, 2.24) is 9.88 Å². The zero-order valence-corrected chi connectivity index (χ0v) is 16.2. The summed E-state index contributed by atoms with van der Waals surface area (Å²) >= 11 is 0. The Kier molecular flexibility index (Phi) is 5.35. The number of nitrogens with one attached hydrogen (secondary N) is 1. The summed E-state index contributed by atoms with van der Waals surface area (Å²) in [5, 5.41) is 4.26.